The number of anilines is 1. The van der Waals surface area contributed by atoms with Crippen LogP contribution in [0.1, 0.15) is 25.7 Å². The first-order chi connectivity index (χ1) is 12.6. The van der Waals surface area contributed by atoms with Crippen molar-refractivity contribution < 1.29 is 10.2 Å². The average Bonchev–Trinajstić information content (AvgIpc) is 2.63. The molecule has 1 fully saturated rings. The second-order valence-corrected chi connectivity index (χ2v) is 7.08. The number of rotatable bonds is 3. The zero-order chi connectivity index (χ0) is 18.1. The fourth-order valence-electron chi connectivity index (χ4n) is 3.50. The standard InChI is InChI=1S/C19H19ClN4O2/c20-11-4-5-15(17(26)8-11)18-14-6-7-21-10-16(14)19(24-23-18)22-12-2-1-3-13(25)9-12/h4-8,10,12-13,25-26H,1-3,9H2,(H,22,24)/t12-,13-/m0/s1. The second-order valence-electron chi connectivity index (χ2n) is 6.64. The summed E-state index contributed by atoms with van der Waals surface area (Å²) in [5.74, 6) is 0.699. The molecule has 0 aliphatic heterocycles. The van der Waals surface area contributed by atoms with Gasteiger partial charge in [-0.25, -0.2) is 0 Å². The Balaban J connectivity index is 1.76. The summed E-state index contributed by atoms with van der Waals surface area (Å²) in [5, 5.41) is 34.3. The number of hydrogen-bond donors (Lipinski definition) is 3. The highest BCUT2D eigenvalue weighted by molar-refractivity contribution is 6.30. The van der Waals surface area contributed by atoms with Gasteiger partial charge in [0.25, 0.3) is 0 Å². The minimum atomic E-state index is -0.274. The Morgan fingerprint density at radius 2 is 2.00 bits per heavy atom. The first-order valence-electron chi connectivity index (χ1n) is 8.65. The topological polar surface area (TPSA) is 91.2 Å². The van der Waals surface area contributed by atoms with Crippen molar-refractivity contribution in [3.05, 3.63) is 41.7 Å². The van der Waals surface area contributed by atoms with Crippen LogP contribution in [-0.2, 0) is 0 Å². The predicted octanol–water partition coefficient (Wildman–Crippen LogP) is 3.77. The van der Waals surface area contributed by atoms with E-state index in [1.165, 1.54) is 6.07 Å². The third-order valence-corrected chi connectivity index (χ3v) is 5.02. The van der Waals surface area contributed by atoms with E-state index in [2.05, 4.69) is 20.5 Å². The molecule has 2 heterocycles. The van der Waals surface area contributed by atoms with Crippen LogP contribution in [0.25, 0.3) is 22.0 Å². The van der Waals surface area contributed by atoms with Gasteiger partial charge in [0.1, 0.15) is 11.4 Å². The Morgan fingerprint density at radius 3 is 2.81 bits per heavy atom. The number of aliphatic hydroxyl groups excluding tert-OH is 1. The highest BCUT2D eigenvalue weighted by Crippen LogP contribution is 2.36. The van der Waals surface area contributed by atoms with Crippen LogP contribution in [0.4, 0.5) is 5.82 Å². The van der Waals surface area contributed by atoms with Crippen LogP contribution < -0.4 is 5.32 Å². The molecule has 1 aliphatic rings. The minimum absolute atomic E-state index is 0.0565. The van der Waals surface area contributed by atoms with Crippen LogP contribution in [0.15, 0.2) is 36.7 Å². The van der Waals surface area contributed by atoms with Crippen LogP contribution in [0.3, 0.4) is 0 Å². The van der Waals surface area contributed by atoms with Crippen molar-refractivity contribution in [2.24, 2.45) is 0 Å². The number of aromatic hydroxyl groups is 1. The van der Waals surface area contributed by atoms with Gasteiger partial charge >= 0.3 is 0 Å². The number of phenolic OH excluding ortho intramolecular Hbond substituents is 1. The molecule has 0 radical (unpaired) electrons. The highest BCUT2D eigenvalue weighted by atomic mass is 35.5. The number of benzene rings is 1. The summed E-state index contributed by atoms with van der Waals surface area (Å²) in [6.45, 7) is 0. The lowest BCUT2D eigenvalue weighted by molar-refractivity contribution is 0.124. The maximum absolute atomic E-state index is 10.3. The van der Waals surface area contributed by atoms with Gasteiger partial charge in [-0.2, -0.15) is 0 Å². The highest BCUT2D eigenvalue weighted by Gasteiger charge is 2.22. The minimum Gasteiger partial charge on any atom is -0.507 e. The van der Waals surface area contributed by atoms with Gasteiger partial charge in [-0.3, -0.25) is 4.98 Å². The molecule has 2 aromatic heterocycles. The third-order valence-electron chi connectivity index (χ3n) is 4.78. The first kappa shape index (κ1) is 17.0. The Morgan fingerprint density at radius 1 is 1.12 bits per heavy atom. The van der Waals surface area contributed by atoms with E-state index in [1.54, 1.807) is 24.5 Å². The SMILES string of the molecule is Oc1cc(Cl)ccc1-c1nnc(N[C@H]2CCC[C@H](O)C2)c2cnccc12. The number of halogens is 1. The maximum Gasteiger partial charge on any atom is 0.158 e. The number of aliphatic hydroxyl groups is 1. The monoisotopic (exact) mass is 370 g/mol. The van der Waals surface area contributed by atoms with E-state index >= 15 is 0 Å². The van der Waals surface area contributed by atoms with E-state index in [1.807, 2.05) is 6.07 Å². The van der Waals surface area contributed by atoms with E-state index < -0.39 is 0 Å². The van der Waals surface area contributed by atoms with Crippen molar-refractivity contribution >= 4 is 28.2 Å². The van der Waals surface area contributed by atoms with Crippen molar-refractivity contribution in [2.45, 2.75) is 37.8 Å². The van der Waals surface area contributed by atoms with E-state index in [-0.39, 0.29) is 17.9 Å². The molecule has 26 heavy (non-hydrogen) atoms. The zero-order valence-electron chi connectivity index (χ0n) is 14.1. The predicted molar refractivity (Wildman–Crippen MR) is 101 cm³/mol. The summed E-state index contributed by atoms with van der Waals surface area (Å²) in [4.78, 5) is 4.21. The van der Waals surface area contributed by atoms with Gasteiger partial charge in [0.15, 0.2) is 5.82 Å². The van der Waals surface area contributed by atoms with Gasteiger partial charge in [0.05, 0.1) is 6.10 Å². The van der Waals surface area contributed by atoms with Gasteiger partial charge in [-0.05, 0) is 49.9 Å². The summed E-state index contributed by atoms with van der Waals surface area (Å²) in [5.41, 5.74) is 1.14. The summed E-state index contributed by atoms with van der Waals surface area (Å²) in [7, 11) is 0. The molecule has 0 bridgehead atoms. The van der Waals surface area contributed by atoms with Gasteiger partial charge in [0.2, 0.25) is 0 Å². The first-order valence-corrected chi connectivity index (χ1v) is 9.03. The molecule has 4 rings (SSSR count). The van der Waals surface area contributed by atoms with Gasteiger partial charge < -0.3 is 15.5 Å². The van der Waals surface area contributed by atoms with Gasteiger partial charge in [-0.1, -0.05) is 11.6 Å². The van der Waals surface area contributed by atoms with Crippen LogP contribution >= 0.6 is 11.6 Å². The molecule has 2 atom stereocenters. The number of nitrogens with zero attached hydrogens (tertiary/aromatic N) is 3. The fraction of sp³-hybridized carbons (Fsp3) is 0.316. The molecule has 1 aliphatic carbocycles. The molecule has 0 saturated heterocycles. The second kappa shape index (κ2) is 7.05. The maximum atomic E-state index is 10.3. The Kier molecular flexibility index (Phi) is 4.61. The molecule has 3 N–H and O–H groups in total. The molecule has 1 aromatic carbocycles. The number of fused-ring (bicyclic) bond motifs is 1. The van der Waals surface area contributed by atoms with Crippen molar-refractivity contribution in [1.29, 1.82) is 0 Å². The number of phenols is 1. The van der Waals surface area contributed by atoms with Crippen LogP contribution in [0.2, 0.25) is 5.02 Å². The van der Waals surface area contributed by atoms with Crippen LogP contribution in [0.5, 0.6) is 5.75 Å². The van der Waals surface area contributed by atoms with E-state index in [0.29, 0.717) is 28.5 Å². The fourth-order valence-corrected chi connectivity index (χ4v) is 3.66. The number of hydrogen-bond acceptors (Lipinski definition) is 6. The molecule has 7 heteroatoms. The quantitative estimate of drug-likeness (QED) is 0.650. The Labute approximate surface area is 155 Å². The lowest BCUT2D eigenvalue weighted by Gasteiger charge is -2.27. The average molecular weight is 371 g/mol. The van der Waals surface area contributed by atoms with E-state index in [9.17, 15) is 10.2 Å². The van der Waals surface area contributed by atoms with Gasteiger partial charge in [0, 0.05) is 39.8 Å². The van der Waals surface area contributed by atoms with Crippen LogP contribution in [0, 0.1) is 0 Å². The molecule has 6 nitrogen and oxygen atoms in total. The summed E-state index contributed by atoms with van der Waals surface area (Å²) in [6, 6.07) is 6.94. The van der Waals surface area contributed by atoms with E-state index in [4.69, 9.17) is 11.6 Å². The lowest BCUT2D eigenvalue weighted by Crippen LogP contribution is -2.30. The van der Waals surface area contributed by atoms with Crippen LogP contribution in [-0.4, -0.2) is 37.5 Å². The lowest BCUT2D eigenvalue weighted by atomic mass is 9.93. The molecule has 3 aromatic rings. The number of aromatic nitrogens is 3. The summed E-state index contributed by atoms with van der Waals surface area (Å²) in [6.07, 6.45) is 6.67. The summed E-state index contributed by atoms with van der Waals surface area (Å²) >= 11 is 5.93. The van der Waals surface area contributed by atoms with Crippen molar-refractivity contribution in [3.8, 4) is 17.0 Å². The van der Waals surface area contributed by atoms with Crippen molar-refractivity contribution in [2.75, 3.05) is 5.32 Å². The van der Waals surface area contributed by atoms with E-state index in [0.717, 1.165) is 30.0 Å². The number of pyridine rings is 1. The molecular weight excluding hydrogens is 352 g/mol. The molecular formula is C19H19ClN4O2. The van der Waals surface area contributed by atoms with Gasteiger partial charge in [-0.15, -0.1) is 10.2 Å². The normalized spacial score (nSPS) is 20.2. The van der Waals surface area contributed by atoms with Crippen molar-refractivity contribution in [1.82, 2.24) is 15.2 Å². The number of nitrogens with one attached hydrogen (secondary N) is 1. The molecule has 1 saturated carbocycles. The Bertz CT molecular complexity index is 950. The largest absolute Gasteiger partial charge is 0.507 e. The Hall–Kier alpha value is -2.44. The molecule has 0 amide bonds. The molecule has 0 unspecified atom stereocenters. The summed E-state index contributed by atoms with van der Waals surface area (Å²) < 4.78 is 0. The smallest absolute Gasteiger partial charge is 0.158 e. The molecule has 134 valence electrons. The zero-order valence-corrected chi connectivity index (χ0v) is 14.8. The van der Waals surface area contributed by atoms with Crippen molar-refractivity contribution in [3.63, 3.8) is 0 Å². The third kappa shape index (κ3) is 3.30. The molecule has 0 spiro atoms.